The van der Waals surface area contributed by atoms with Gasteiger partial charge in [-0.25, -0.2) is 12.8 Å². The van der Waals surface area contributed by atoms with Crippen LogP contribution in [0.4, 0.5) is 10.1 Å². The molecular formula is C25H30FN5O5S2. The summed E-state index contributed by atoms with van der Waals surface area (Å²) in [6, 6.07) is 12.1. The third-order valence-electron chi connectivity index (χ3n) is 5.95. The van der Waals surface area contributed by atoms with E-state index in [0.717, 1.165) is 12.8 Å². The smallest absolute Gasteiger partial charge is 0.243 e. The second-order valence-corrected chi connectivity index (χ2v) is 11.6. The number of carbonyl (C=O) groups excluding carboxylic acids is 1. The van der Waals surface area contributed by atoms with Crippen LogP contribution in [0, 0.1) is 5.82 Å². The van der Waals surface area contributed by atoms with Crippen LogP contribution >= 0.6 is 11.8 Å². The number of amides is 1. The molecule has 2 aromatic carbocycles. The molecule has 10 nitrogen and oxygen atoms in total. The van der Waals surface area contributed by atoms with Crippen molar-refractivity contribution in [2.75, 3.05) is 37.9 Å². The first-order valence-electron chi connectivity index (χ1n) is 12.1. The lowest BCUT2D eigenvalue weighted by atomic mass is 10.3. The molecule has 1 atom stereocenters. The molecule has 204 valence electrons. The van der Waals surface area contributed by atoms with Crippen LogP contribution in [-0.4, -0.2) is 66.0 Å². The molecule has 2 heterocycles. The number of thioether (sulfide) groups is 1. The molecule has 1 amide bonds. The number of anilines is 1. The lowest BCUT2D eigenvalue weighted by Crippen LogP contribution is -2.27. The molecule has 13 heteroatoms. The lowest BCUT2D eigenvalue weighted by Gasteiger charge is -2.17. The highest BCUT2D eigenvalue weighted by Gasteiger charge is 2.27. The normalized spacial score (nSPS) is 14.9. The van der Waals surface area contributed by atoms with Crippen LogP contribution < -0.4 is 10.1 Å². The minimum absolute atomic E-state index is 0.0125. The quantitative estimate of drug-likeness (QED) is 0.332. The number of sulfonamides is 1. The van der Waals surface area contributed by atoms with Crippen molar-refractivity contribution in [2.24, 2.45) is 0 Å². The summed E-state index contributed by atoms with van der Waals surface area (Å²) in [7, 11) is -1.93. The van der Waals surface area contributed by atoms with Crippen molar-refractivity contribution in [1.82, 2.24) is 19.1 Å². The highest BCUT2D eigenvalue weighted by Crippen LogP contribution is 2.25. The van der Waals surface area contributed by atoms with Crippen molar-refractivity contribution >= 4 is 33.4 Å². The predicted octanol–water partition coefficient (Wildman–Crippen LogP) is 3.72. The zero-order valence-electron chi connectivity index (χ0n) is 21.2. The van der Waals surface area contributed by atoms with Crippen molar-refractivity contribution in [3.05, 3.63) is 60.2 Å². The molecule has 3 aromatic rings. The third-order valence-corrected chi connectivity index (χ3v) is 8.81. The molecule has 1 saturated heterocycles. The van der Waals surface area contributed by atoms with Gasteiger partial charge in [0.1, 0.15) is 6.61 Å². The summed E-state index contributed by atoms with van der Waals surface area (Å²) in [6.07, 6.45) is 1.73. The van der Waals surface area contributed by atoms with E-state index in [1.807, 2.05) is 6.92 Å². The Morgan fingerprint density at radius 1 is 1.13 bits per heavy atom. The summed E-state index contributed by atoms with van der Waals surface area (Å²) in [5.41, 5.74) is 0.490. The van der Waals surface area contributed by atoms with Crippen molar-refractivity contribution in [3.63, 3.8) is 0 Å². The summed E-state index contributed by atoms with van der Waals surface area (Å²) in [5, 5.41) is 11.7. The fraction of sp³-hybridized carbons (Fsp3) is 0.400. The largest absolute Gasteiger partial charge is 0.483 e. The van der Waals surface area contributed by atoms with Crippen LogP contribution in [0.2, 0.25) is 0 Å². The molecule has 0 spiro atoms. The first-order chi connectivity index (χ1) is 18.3. The van der Waals surface area contributed by atoms with Crippen molar-refractivity contribution in [2.45, 2.75) is 42.5 Å². The monoisotopic (exact) mass is 563 g/mol. The van der Waals surface area contributed by atoms with Gasteiger partial charge in [0.15, 0.2) is 22.5 Å². The van der Waals surface area contributed by atoms with E-state index < -0.39 is 15.8 Å². The van der Waals surface area contributed by atoms with Gasteiger partial charge in [-0.05, 0) is 56.2 Å². The summed E-state index contributed by atoms with van der Waals surface area (Å²) in [5.74, 6) is -0.149. The number of methoxy groups -OCH3 is 1. The minimum atomic E-state index is -3.51. The Balaban J connectivity index is 1.38. The van der Waals surface area contributed by atoms with E-state index in [9.17, 15) is 17.6 Å². The molecule has 1 aliphatic heterocycles. The molecule has 4 rings (SSSR count). The summed E-state index contributed by atoms with van der Waals surface area (Å²) in [4.78, 5) is 12.8. The van der Waals surface area contributed by atoms with Crippen LogP contribution in [0.25, 0.3) is 0 Å². The molecular weight excluding hydrogens is 533 g/mol. The number of ether oxygens (including phenoxy) is 2. The number of para-hydroxylation sites is 1. The lowest BCUT2D eigenvalue weighted by molar-refractivity contribution is -0.113. The van der Waals surface area contributed by atoms with Gasteiger partial charge in [0.25, 0.3) is 0 Å². The molecule has 0 unspecified atom stereocenters. The fourth-order valence-electron chi connectivity index (χ4n) is 4.08. The van der Waals surface area contributed by atoms with E-state index in [4.69, 9.17) is 9.47 Å². The van der Waals surface area contributed by atoms with Gasteiger partial charge in [0.2, 0.25) is 15.9 Å². The molecule has 0 aliphatic carbocycles. The van der Waals surface area contributed by atoms with Crippen molar-refractivity contribution in [1.29, 1.82) is 0 Å². The standard InChI is InChI=1S/C25H30FN5O5S2/c1-18(15-35-2)31-23(16-36-22-8-4-3-7-21(22)26)28-29-25(31)37-17-24(32)27-19-9-11-20(12-10-19)38(33,34)30-13-5-6-14-30/h3-4,7-12,18H,5-6,13-17H2,1-2H3,(H,27,32)/t18-/m0/s1. The predicted molar refractivity (Wildman–Crippen MR) is 141 cm³/mol. The molecule has 0 radical (unpaired) electrons. The molecule has 38 heavy (non-hydrogen) atoms. The van der Waals surface area contributed by atoms with E-state index in [1.165, 1.54) is 40.3 Å². The molecule has 1 N–H and O–H groups in total. The molecule has 0 bridgehead atoms. The van der Waals surface area contributed by atoms with Gasteiger partial charge in [0.05, 0.1) is 23.3 Å². The number of benzene rings is 2. The highest BCUT2D eigenvalue weighted by atomic mass is 32.2. The van der Waals surface area contributed by atoms with Gasteiger partial charge >= 0.3 is 0 Å². The Morgan fingerprint density at radius 3 is 2.53 bits per heavy atom. The summed E-state index contributed by atoms with van der Waals surface area (Å²) < 4.78 is 53.5. The number of aromatic nitrogens is 3. The first-order valence-corrected chi connectivity index (χ1v) is 14.5. The maximum atomic E-state index is 13.9. The van der Waals surface area contributed by atoms with E-state index in [0.29, 0.717) is 36.4 Å². The Kier molecular flexibility index (Phi) is 9.36. The first kappa shape index (κ1) is 28.0. The van der Waals surface area contributed by atoms with Crippen molar-refractivity contribution < 1.29 is 27.1 Å². The number of nitrogens with one attached hydrogen (secondary N) is 1. The van der Waals surface area contributed by atoms with Gasteiger partial charge < -0.3 is 14.8 Å². The molecule has 1 aliphatic rings. The Morgan fingerprint density at radius 2 is 1.84 bits per heavy atom. The van der Waals surface area contributed by atoms with Gasteiger partial charge in [-0.3, -0.25) is 9.36 Å². The Labute approximate surface area is 225 Å². The Bertz CT molecular complexity index is 1340. The summed E-state index contributed by atoms with van der Waals surface area (Å²) in [6.45, 7) is 3.34. The SMILES string of the molecule is COC[C@H](C)n1c(COc2ccccc2F)nnc1SCC(=O)Nc1ccc(S(=O)(=O)N2CCCC2)cc1. The molecule has 1 aromatic heterocycles. The number of hydrogen-bond acceptors (Lipinski definition) is 8. The maximum absolute atomic E-state index is 13.9. The average Bonchev–Trinajstić information content (AvgIpc) is 3.58. The number of hydrogen-bond donors (Lipinski definition) is 1. The topological polar surface area (TPSA) is 116 Å². The fourth-order valence-corrected chi connectivity index (χ4v) is 6.45. The van der Waals surface area contributed by atoms with Crippen LogP contribution in [0.3, 0.4) is 0 Å². The van der Waals surface area contributed by atoms with Gasteiger partial charge in [-0.15, -0.1) is 10.2 Å². The van der Waals surface area contributed by atoms with Gasteiger partial charge in [-0.1, -0.05) is 23.9 Å². The second-order valence-electron chi connectivity index (χ2n) is 8.76. The summed E-state index contributed by atoms with van der Waals surface area (Å²) >= 11 is 1.19. The van der Waals surface area contributed by atoms with Gasteiger partial charge in [0, 0.05) is 25.9 Å². The van der Waals surface area contributed by atoms with E-state index >= 15 is 0 Å². The molecule has 1 fully saturated rings. The van der Waals surface area contributed by atoms with E-state index in [1.54, 1.807) is 35.9 Å². The molecule has 0 saturated carbocycles. The Hall–Kier alpha value is -3.00. The highest BCUT2D eigenvalue weighted by molar-refractivity contribution is 7.99. The number of rotatable bonds is 12. The van der Waals surface area contributed by atoms with Crippen LogP contribution in [0.1, 0.15) is 31.6 Å². The van der Waals surface area contributed by atoms with Crippen LogP contribution in [0.5, 0.6) is 5.75 Å². The zero-order chi connectivity index (χ0) is 27.1. The van der Waals surface area contributed by atoms with E-state index in [2.05, 4.69) is 15.5 Å². The minimum Gasteiger partial charge on any atom is -0.483 e. The number of carbonyl (C=O) groups is 1. The second kappa shape index (κ2) is 12.7. The average molecular weight is 564 g/mol. The van der Waals surface area contributed by atoms with Crippen molar-refractivity contribution in [3.8, 4) is 5.75 Å². The zero-order valence-corrected chi connectivity index (χ0v) is 22.8. The van der Waals surface area contributed by atoms with Crippen LogP contribution in [-0.2, 0) is 26.2 Å². The van der Waals surface area contributed by atoms with E-state index in [-0.39, 0.29) is 35.0 Å². The number of nitrogens with zero attached hydrogens (tertiary/aromatic N) is 4. The number of halogens is 1. The maximum Gasteiger partial charge on any atom is 0.243 e. The van der Waals surface area contributed by atoms with Gasteiger partial charge in [-0.2, -0.15) is 4.31 Å². The van der Waals surface area contributed by atoms with Crippen LogP contribution in [0.15, 0.2) is 58.6 Å². The third kappa shape index (κ3) is 6.70.